The van der Waals surface area contributed by atoms with Crippen LogP contribution in [0.5, 0.6) is 0 Å². The van der Waals surface area contributed by atoms with Crippen LogP contribution in [0.4, 0.5) is 0 Å². The van der Waals surface area contributed by atoms with Crippen molar-refractivity contribution in [2.24, 2.45) is 11.7 Å². The normalized spacial score (nSPS) is 28.3. The molecule has 1 rings (SSSR count). The highest BCUT2D eigenvalue weighted by Crippen LogP contribution is 2.39. The predicted octanol–water partition coefficient (Wildman–Crippen LogP) is 1.84. The van der Waals surface area contributed by atoms with Gasteiger partial charge in [0.25, 0.3) is 0 Å². The summed E-state index contributed by atoms with van der Waals surface area (Å²) in [7, 11) is 2.09. The first-order valence-electron chi connectivity index (χ1n) is 6.29. The van der Waals surface area contributed by atoms with Gasteiger partial charge in [0.2, 0.25) is 0 Å². The topological polar surface area (TPSA) is 62.3 Å². The lowest BCUT2D eigenvalue weighted by atomic mass is 9.92. The summed E-state index contributed by atoms with van der Waals surface area (Å²) >= 11 is 0. The van der Waals surface area contributed by atoms with Crippen LogP contribution >= 0.6 is 0 Å². The van der Waals surface area contributed by atoms with Crippen LogP contribution in [0.2, 0.25) is 0 Å². The maximum atomic E-state index is 7.46. The molecule has 2 atom stereocenters. The third-order valence-corrected chi connectivity index (χ3v) is 3.65. The summed E-state index contributed by atoms with van der Waals surface area (Å²) in [5, 5.41) is 7.46. The van der Waals surface area contributed by atoms with Crippen LogP contribution in [0.1, 0.15) is 41.0 Å². The highest BCUT2D eigenvalue weighted by atomic mass is 16.5. The molecule has 0 aliphatic carbocycles. The van der Waals surface area contributed by atoms with E-state index in [0.717, 1.165) is 13.0 Å². The average molecular weight is 241 g/mol. The van der Waals surface area contributed by atoms with E-state index in [1.807, 2.05) is 6.92 Å². The van der Waals surface area contributed by atoms with Gasteiger partial charge >= 0.3 is 0 Å². The Morgan fingerprint density at radius 3 is 2.35 bits per heavy atom. The van der Waals surface area contributed by atoms with Gasteiger partial charge in [-0.2, -0.15) is 0 Å². The summed E-state index contributed by atoms with van der Waals surface area (Å²) in [4.78, 5) is 2.28. The van der Waals surface area contributed by atoms with Crippen molar-refractivity contribution in [1.82, 2.24) is 4.90 Å². The molecule has 0 radical (unpaired) electrons. The van der Waals surface area contributed by atoms with Crippen molar-refractivity contribution in [3.63, 3.8) is 0 Å². The van der Waals surface area contributed by atoms with E-state index in [1.165, 1.54) is 0 Å². The van der Waals surface area contributed by atoms with E-state index in [1.54, 1.807) is 0 Å². The fraction of sp³-hybridized carbons (Fsp3) is 0.923. The first-order valence-corrected chi connectivity index (χ1v) is 6.29. The van der Waals surface area contributed by atoms with Crippen LogP contribution in [0.25, 0.3) is 0 Å². The zero-order valence-electron chi connectivity index (χ0n) is 12.0. The standard InChI is InChI=1S/C13H27N3O/c1-9(11(14)15)8-16(6)10-7-12(2,3)17-13(10,4)5/h9-10H,7-8H2,1-6H3,(H3,14,15). The summed E-state index contributed by atoms with van der Waals surface area (Å²) in [5.41, 5.74) is 5.32. The Bertz CT molecular complexity index is 299. The number of likely N-dealkylation sites (N-methyl/N-ethyl adjacent to an activating group) is 1. The Kier molecular flexibility index (Phi) is 3.89. The third-order valence-electron chi connectivity index (χ3n) is 3.65. The molecule has 1 saturated heterocycles. The first-order chi connectivity index (χ1) is 7.55. The van der Waals surface area contributed by atoms with Crippen molar-refractivity contribution < 1.29 is 4.74 Å². The minimum Gasteiger partial charge on any atom is -0.387 e. The number of nitrogens with zero attached hydrogens (tertiary/aromatic N) is 1. The van der Waals surface area contributed by atoms with Gasteiger partial charge in [-0.25, -0.2) is 0 Å². The number of amidine groups is 1. The lowest BCUT2D eigenvalue weighted by molar-refractivity contribution is -0.0789. The van der Waals surface area contributed by atoms with Gasteiger partial charge in [0, 0.05) is 18.5 Å². The quantitative estimate of drug-likeness (QED) is 0.583. The van der Waals surface area contributed by atoms with Gasteiger partial charge in [-0.1, -0.05) is 6.92 Å². The molecule has 1 heterocycles. The molecule has 0 bridgehead atoms. The molecule has 4 nitrogen and oxygen atoms in total. The van der Waals surface area contributed by atoms with Crippen molar-refractivity contribution in [2.45, 2.75) is 58.3 Å². The smallest absolute Gasteiger partial charge is 0.0947 e. The molecule has 2 unspecified atom stereocenters. The van der Waals surface area contributed by atoms with Gasteiger partial charge in [-0.3, -0.25) is 10.3 Å². The molecule has 0 amide bonds. The summed E-state index contributed by atoms with van der Waals surface area (Å²) < 4.78 is 6.09. The van der Waals surface area contributed by atoms with Crippen LogP contribution in [-0.2, 0) is 4.74 Å². The van der Waals surface area contributed by atoms with Crippen molar-refractivity contribution in [1.29, 1.82) is 5.41 Å². The molecule has 0 aromatic carbocycles. The number of hydrogen-bond donors (Lipinski definition) is 2. The Morgan fingerprint density at radius 1 is 1.47 bits per heavy atom. The maximum Gasteiger partial charge on any atom is 0.0947 e. The van der Waals surface area contributed by atoms with E-state index < -0.39 is 0 Å². The molecular weight excluding hydrogens is 214 g/mol. The van der Waals surface area contributed by atoms with Crippen LogP contribution in [0.15, 0.2) is 0 Å². The largest absolute Gasteiger partial charge is 0.387 e. The minimum absolute atomic E-state index is 0.0676. The molecular formula is C13H27N3O. The van der Waals surface area contributed by atoms with Crippen LogP contribution in [0, 0.1) is 11.3 Å². The second kappa shape index (κ2) is 4.58. The van der Waals surface area contributed by atoms with E-state index in [4.69, 9.17) is 15.9 Å². The monoisotopic (exact) mass is 241 g/mol. The average Bonchev–Trinajstić information content (AvgIpc) is 2.33. The van der Waals surface area contributed by atoms with Gasteiger partial charge in [-0.05, 0) is 41.2 Å². The molecule has 1 aliphatic heterocycles. The molecule has 0 aromatic heterocycles. The van der Waals surface area contributed by atoms with Crippen molar-refractivity contribution >= 4 is 5.84 Å². The number of nitrogens with two attached hydrogens (primary N) is 1. The Labute approximate surface area is 105 Å². The molecule has 0 spiro atoms. The first kappa shape index (κ1) is 14.5. The summed E-state index contributed by atoms with van der Waals surface area (Å²) in [6, 6.07) is 0.374. The second-order valence-corrected chi connectivity index (χ2v) is 6.48. The van der Waals surface area contributed by atoms with E-state index >= 15 is 0 Å². The van der Waals surface area contributed by atoms with Crippen LogP contribution in [0.3, 0.4) is 0 Å². The van der Waals surface area contributed by atoms with E-state index in [0.29, 0.717) is 6.04 Å². The predicted molar refractivity (Wildman–Crippen MR) is 71.4 cm³/mol. The molecule has 4 heteroatoms. The maximum absolute atomic E-state index is 7.46. The Hall–Kier alpha value is -0.610. The number of ether oxygens (including phenoxy) is 1. The highest BCUT2D eigenvalue weighted by Gasteiger charge is 2.47. The van der Waals surface area contributed by atoms with Gasteiger partial charge in [0.1, 0.15) is 0 Å². The lowest BCUT2D eigenvalue weighted by Crippen LogP contribution is -2.47. The van der Waals surface area contributed by atoms with Gasteiger partial charge < -0.3 is 10.5 Å². The van der Waals surface area contributed by atoms with E-state index in [-0.39, 0.29) is 23.0 Å². The lowest BCUT2D eigenvalue weighted by Gasteiger charge is -2.34. The fourth-order valence-electron chi connectivity index (χ4n) is 2.88. The SMILES string of the molecule is CC(CN(C)C1CC(C)(C)OC1(C)C)C(=N)N. The van der Waals surface area contributed by atoms with E-state index in [2.05, 4.69) is 39.6 Å². The summed E-state index contributed by atoms with van der Waals surface area (Å²) in [5.74, 6) is 0.354. The number of rotatable bonds is 4. The van der Waals surface area contributed by atoms with Gasteiger partial charge in [-0.15, -0.1) is 0 Å². The van der Waals surface area contributed by atoms with Crippen LogP contribution < -0.4 is 5.73 Å². The van der Waals surface area contributed by atoms with Gasteiger partial charge in [0.05, 0.1) is 17.0 Å². The van der Waals surface area contributed by atoms with Crippen LogP contribution in [-0.4, -0.2) is 41.6 Å². The highest BCUT2D eigenvalue weighted by molar-refractivity contribution is 5.79. The third kappa shape index (κ3) is 3.42. The second-order valence-electron chi connectivity index (χ2n) is 6.48. The van der Waals surface area contributed by atoms with Gasteiger partial charge in [0.15, 0.2) is 0 Å². The molecule has 0 aromatic rings. The Morgan fingerprint density at radius 2 is 2.00 bits per heavy atom. The molecule has 100 valence electrons. The Balaban J connectivity index is 2.69. The molecule has 1 fully saturated rings. The van der Waals surface area contributed by atoms with Crippen molar-refractivity contribution in [3.05, 3.63) is 0 Å². The van der Waals surface area contributed by atoms with Crippen molar-refractivity contribution in [3.8, 4) is 0 Å². The zero-order chi connectivity index (χ0) is 13.4. The summed E-state index contributed by atoms with van der Waals surface area (Å²) in [6.07, 6.45) is 1.02. The number of hydrogen-bond acceptors (Lipinski definition) is 3. The molecule has 0 saturated carbocycles. The fourth-order valence-corrected chi connectivity index (χ4v) is 2.88. The number of nitrogens with one attached hydrogen (secondary N) is 1. The molecule has 3 N–H and O–H groups in total. The zero-order valence-corrected chi connectivity index (χ0v) is 12.0. The molecule has 17 heavy (non-hydrogen) atoms. The summed E-state index contributed by atoms with van der Waals surface area (Å²) in [6.45, 7) is 11.4. The molecule has 1 aliphatic rings. The van der Waals surface area contributed by atoms with Crippen molar-refractivity contribution in [2.75, 3.05) is 13.6 Å². The van der Waals surface area contributed by atoms with E-state index in [9.17, 15) is 0 Å². The minimum atomic E-state index is -0.144.